The number of hydrazone groups is 1. The number of ketones is 2. The second kappa shape index (κ2) is 9.81. The monoisotopic (exact) mass is 538 g/mol. The minimum absolute atomic E-state index is 0.0312. The van der Waals surface area contributed by atoms with Crippen molar-refractivity contribution in [3.8, 4) is 0 Å². The number of benzene rings is 3. The molecular weight excluding hydrogens is 520 g/mol. The summed E-state index contributed by atoms with van der Waals surface area (Å²) in [5.41, 5.74) is 1.94. The first kappa shape index (κ1) is 24.5. The maximum Gasteiger partial charge on any atom is 0.339 e. The number of esters is 1. The quantitative estimate of drug-likeness (QED) is 0.283. The van der Waals surface area contributed by atoms with Gasteiger partial charge in [-0.2, -0.15) is 5.10 Å². The Kier molecular flexibility index (Phi) is 6.17. The molecule has 8 nitrogen and oxygen atoms in total. The summed E-state index contributed by atoms with van der Waals surface area (Å²) in [6.45, 7) is -0.629. The molecule has 2 heterocycles. The number of amides is 1. The number of fused-ring (bicyclic) bond motifs is 2. The van der Waals surface area contributed by atoms with E-state index in [9.17, 15) is 19.2 Å². The van der Waals surface area contributed by atoms with Crippen LogP contribution in [0.4, 0.5) is 0 Å². The van der Waals surface area contributed by atoms with Crippen molar-refractivity contribution >= 4 is 40.8 Å². The van der Waals surface area contributed by atoms with E-state index in [4.69, 9.17) is 20.8 Å². The van der Waals surface area contributed by atoms with Crippen LogP contribution in [0.1, 0.15) is 66.0 Å². The third-order valence-electron chi connectivity index (χ3n) is 6.71. The van der Waals surface area contributed by atoms with Gasteiger partial charge in [0, 0.05) is 33.7 Å². The van der Waals surface area contributed by atoms with Gasteiger partial charge in [0.1, 0.15) is 11.8 Å². The van der Waals surface area contributed by atoms with Gasteiger partial charge in [0.15, 0.2) is 18.2 Å². The molecular formula is C30H19ClN2O6. The van der Waals surface area contributed by atoms with Gasteiger partial charge >= 0.3 is 5.97 Å². The average molecular weight is 539 g/mol. The van der Waals surface area contributed by atoms with Crippen molar-refractivity contribution in [1.82, 2.24) is 5.01 Å². The molecule has 3 aromatic carbocycles. The highest BCUT2D eigenvalue weighted by atomic mass is 35.5. The number of nitrogens with zero attached hydrogens (tertiary/aromatic N) is 2. The van der Waals surface area contributed by atoms with E-state index < -0.39 is 30.3 Å². The van der Waals surface area contributed by atoms with E-state index in [0.29, 0.717) is 22.9 Å². The normalized spacial score (nSPS) is 16.0. The molecule has 0 N–H and O–H groups in total. The molecule has 1 aliphatic carbocycles. The highest BCUT2D eigenvalue weighted by Crippen LogP contribution is 2.34. The summed E-state index contributed by atoms with van der Waals surface area (Å²) in [5.74, 6) is -1.74. The van der Waals surface area contributed by atoms with Crippen molar-refractivity contribution in [2.75, 3.05) is 6.61 Å². The Hall–Kier alpha value is -4.82. The minimum Gasteiger partial charge on any atom is -0.467 e. The number of furan rings is 1. The van der Waals surface area contributed by atoms with E-state index in [1.54, 1.807) is 48.5 Å². The first-order valence-electron chi connectivity index (χ1n) is 12.1. The van der Waals surface area contributed by atoms with Crippen LogP contribution in [-0.4, -0.2) is 40.8 Å². The molecule has 39 heavy (non-hydrogen) atoms. The zero-order chi connectivity index (χ0) is 27.1. The van der Waals surface area contributed by atoms with Gasteiger partial charge in [-0.3, -0.25) is 14.4 Å². The van der Waals surface area contributed by atoms with Gasteiger partial charge < -0.3 is 9.15 Å². The number of hydrogen-bond donors (Lipinski definition) is 0. The van der Waals surface area contributed by atoms with Crippen LogP contribution in [0.5, 0.6) is 0 Å². The van der Waals surface area contributed by atoms with Gasteiger partial charge in [-0.05, 0) is 35.9 Å². The second-order valence-corrected chi connectivity index (χ2v) is 9.47. The molecule has 1 atom stereocenters. The third kappa shape index (κ3) is 4.34. The van der Waals surface area contributed by atoms with Crippen LogP contribution >= 0.6 is 11.6 Å². The lowest BCUT2D eigenvalue weighted by Gasteiger charge is -2.21. The lowest BCUT2D eigenvalue weighted by atomic mass is 9.82. The number of halogens is 1. The summed E-state index contributed by atoms with van der Waals surface area (Å²) in [5, 5.41) is 6.31. The van der Waals surface area contributed by atoms with E-state index in [0.717, 1.165) is 5.56 Å². The fourth-order valence-electron chi connectivity index (χ4n) is 4.85. The highest BCUT2D eigenvalue weighted by molar-refractivity contribution is 6.31. The molecule has 0 unspecified atom stereocenters. The van der Waals surface area contributed by atoms with Gasteiger partial charge in [-0.25, -0.2) is 9.80 Å². The standard InChI is InChI=1S/C30H19ClN2O6/c31-18-12-10-17(11-13-18)23-15-24(25-9-4-14-38-25)33(32-23)26(34)16-39-30(37)22-8-3-7-21-27(22)29(36)20-6-2-1-5-19(20)28(21)35/h1-14,24H,15-16H2/t24-/m1/s1. The zero-order valence-corrected chi connectivity index (χ0v) is 21.1. The lowest BCUT2D eigenvalue weighted by molar-refractivity contribution is -0.136. The van der Waals surface area contributed by atoms with E-state index in [1.165, 1.54) is 29.5 Å². The van der Waals surface area contributed by atoms with Crippen LogP contribution in [0.3, 0.4) is 0 Å². The molecule has 4 aromatic rings. The maximum atomic E-state index is 13.2. The third-order valence-corrected chi connectivity index (χ3v) is 6.97. The molecule has 2 aliphatic rings. The molecule has 0 bridgehead atoms. The van der Waals surface area contributed by atoms with Crippen molar-refractivity contribution in [3.63, 3.8) is 0 Å². The van der Waals surface area contributed by atoms with Crippen molar-refractivity contribution < 1.29 is 28.3 Å². The van der Waals surface area contributed by atoms with Crippen molar-refractivity contribution in [2.45, 2.75) is 12.5 Å². The Labute approximate surface area is 227 Å². The molecule has 0 spiro atoms. The SMILES string of the molecule is O=C(OCC(=O)N1N=C(c2ccc(Cl)cc2)C[C@@H]1c1ccco1)c1cccc2c1C(=O)c1ccccc1C2=O. The number of hydrogen-bond acceptors (Lipinski definition) is 7. The second-order valence-electron chi connectivity index (χ2n) is 9.04. The molecule has 1 aliphatic heterocycles. The fraction of sp³-hybridized carbons (Fsp3) is 0.100. The summed E-state index contributed by atoms with van der Waals surface area (Å²) in [6, 6.07) is 20.9. The summed E-state index contributed by atoms with van der Waals surface area (Å²) < 4.78 is 10.9. The summed E-state index contributed by atoms with van der Waals surface area (Å²) in [6.07, 6.45) is 1.89. The molecule has 0 radical (unpaired) electrons. The van der Waals surface area contributed by atoms with Gasteiger partial charge in [-0.15, -0.1) is 0 Å². The van der Waals surface area contributed by atoms with Crippen LogP contribution in [0.2, 0.25) is 5.02 Å². The maximum absolute atomic E-state index is 13.2. The topological polar surface area (TPSA) is 106 Å². The van der Waals surface area contributed by atoms with Crippen molar-refractivity contribution in [2.24, 2.45) is 5.10 Å². The molecule has 192 valence electrons. The average Bonchev–Trinajstić information content (AvgIpc) is 3.65. The summed E-state index contributed by atoms with van der Waals surface area (Å²) >= 11 is 6.01. The number of carbonyl (C=O) groups is 4. The molecule has 0 saturated heterocycles. The number of rotatable bonds is 5. The Morgan fingerprint density at radius 2 is 1.62 bits per heavy atom. The first-order valence-corrected chi connectivity index (χ1v) is 12.5. The van der Waals surface area contributed by atoms with Crippen LogP contribution < -0.4 is 0 Å². The van der Waals surface area contributed by atoms with Crippen molar-refractivity contribution in [1.29, 1.82) is 0 Å². The zero-order valence-electron chi connectivity index (χ0n) is 20.3. The lowest BCUT2D eigenvalue weighted by Crippen LogP contribution is -2.31. The van der Waals surface area contributed by atoms with Crippen LogP contribution in [-0.2, 0) is 9.53 Å². The molecule has 0 fully saturated rings. The highest BCUT2D eigenvalue weighted by Gasteiger charge is 2.36. The molecule has 1 amide bonds. The summed E-state index contributed by atoms with van der Waals surface area (Å²) in [7, 11) is 0. The van der Waals surface area contributed by atoms with E-state index >= 15 is 0 Å². The van der Waals surface area contributed by atoms with E-state index in [2.05, 4.69) is 5.10 Å². The predicted molar refractivity (Wildman–Crippen MR) is 141 cm³/mol. The number of ether oxygens (including phenoxy) is 1. The van der Waals surface area contributed by atoms with Crippen LogP contribution in [0.15, 0.2) is 94.6 Å². The minimum atomic E-state index is -0.892. The predicted octanol–water partition coefficient (Wildman–Crippen LogP) is 5.24. The molecule has 0 saturated carbocycles. The van der Waals surface area contributed by atoms with E-state index in [1.807, 2.05) is 12.1 Å². The Bertz CT molecular complexity index is 1670. The smallest absolute Gasteiger partial charge is 0.339 e. The Morgan fingerprint density at radius 1 is 0.897 bits per heavy atom. The number of carbonyl (C=O) groups excluding carboxylic acids is 4. The van der Waals surface area contributed by atoms with Gasteiger partial charge in [0.2, 0.25) is 0 Å². The van der Waals surface area contributed by atoms with Gasteiger partial charge in [0.05, 0.1) is 17.5 Å². The fourth-order valence-corrected chi connectivity index (χ4v) is 4.97. The molecule has 6 rings (SSSR count). The van der Waals surface area contributed by atoms with Crippen LogP contribution in [0, 0.1) is 0 Å². The summed E-state index contributed by atoms with van der Waals surface area (Å²) in [4.78, 5) is 52.6. The Morgan fingerprint density at radius 3 is 2.33 bits per heavy atom. The largest absolute Gasteiger partial charge is 0.467 e. The Balaban J connectivity index is 1.24. The van der Waals surface area contributed by atoms with Crippen LogP contribution in [0.25, 0.3) is 0 Å². The van der Waals surface area contributed by atoms with Gasteiger partial charge in [0.25, 0.3) is 5.91 Å². The molecule has 9 heteroatoms. The molecule has 1 aromatic heterocycles. The van der Waals surface area contributed by atoms with Crippen molar-refractivity contribution in [3.05, 3.63) is 129 Å². The van der Waals surface area contributed by atoms with E-state index in [-0.39, 0.29) is 33.6 Å². The first-order chi connectivity index (χ1) is 18.9. The van der Waals surface area contributed by atoms with Gasteiger partial charge in [-0.1, -0.05) is 60.1 Å².